The molecule has 0 N–H and O–H groups in total. The van der Waals surface area contributed by atoms with E-state index in [1.807, 2.05) is 0 Å². The third kappa shape index (κ3) is 12.1. The van der Waals surface area contributed by atoms with E-state index in [2.05, 4.69) is 39.4 Å². The number of hydrogen-bond acceptors (Lipinski definition) is 0. The third-order valence-corrected chi connectivity index (χ3v) is 5.86. The molecule has 1 aliphatic heterocycles. The van der Waals surface area contributed by atoms with Crippen molar-refractivity contribution in [2.24, 2.45) is 0 Å². The van der Waals surface area contributed by atoms with E-state index in [4.69, 9.17) is 0 Å². The van der Waals surface area contributed by atoms with Gasteiger partial charge in [-0.05, 0) is 22.7 Å². The minimum atomic E-state index is 0. The summed E-state index contributed by atoms with van der Waals surface area (Å²) in [6.45, 7) is 7.53. The molecule has 1 fully saturated rings. The maximum Gasteiger partial charge on any atom is 0.141 e. The topological polar surface area (TPSA) is 0 Å². The summed E-state index contributed by atoms with van der Waals surface area (Å²) < 4.78 is 4.37. The molecule has 1 heterocycles. The molecule has 0 aromatic heterocycles. The first-order valence-corrected chi connectivity index (χ1v) is 11.3. The van der Waals surface area contributed by atoms with Gasteiger partial charge in [-0.25, -0.2) is 0 Å². The largest absolute Gasteiger partial charge is 1.00 e. The average Bonchev–Trinajstić information content (AvgIpc) is 3.03. The Bertz CT molecular complexity index is 328. The van der Waals surface area contributed by atoms with Crippen molar-refractivity contribution in [2.45, 2.75) is 96.8 Å². The molecule has 1 saturated heterocycles. The number of nitrogens with zero attached hydrogens (tertiary/aromatic N) is 1. The van der Waals surface area contributed by atoms with E-state index in [1.54, 1.807) is 0 Å². The minimum Gasteiger partial charge on any atom is -1.00 e. The van der Waals surface area contributed by atoms with Gasteiger partial charge in [-0.2, -0.15) is 0 Å². The first-order chi connectivity index (χ1) is 11.3. The Labute approximate surface area is 176 Å². The van der Waals surface area contributed by atoms with Gasteiger partial charge in [0.25, 0.3) is 0 Å². The Hall–Kier alpha value is 0.730. The van der Waals surface area contributed by atoms with Gasteiger partial charge in [0.1, 0.15) is 6.54 Å². The molecule has 0 aliphatic carbocycles. The molecule has 0 aromatic carbocycles. The summed E-state index contributed by atoms with van der Waals surface area (Å²) >= 11 is 2.19. The lowest BCUT2D eigenvalue weighted by molar-refractivity contribution is -0.910. The molecule has 0 bridgehead atoms. The summed E-state index contributed by atoms with van der Waals surface area (Å²) in [6.07, 6.45) is 20.2. The second kappa shape index (κ2) is 17.2. The van der Waals surface area contributed by atoms with Crippen LogP contribution in [0.15, 0.2) is 0 Å². The Morgan fingerprint density at radius 2 is 1.21 bits per heavy atom. The predicted molar refractivity (Wildman–Crippen MR) is 112 cm³/mol. The lowest BCUT2D eigenvalue weighted by Crippen LogP contribution is -3.00. The summed E-state index contributed by atoms with van der Waals surface area (Å²) in [6, 6.07) is 0. The van der Waals surface area contributed by atoms with Gasteiger partial charge < -0.3 is 21.5 Å². The number of rotatable bonds is 14. The first kappa shape index (κ1) is 24.7. The van der Waals surface area contributed by atoms with E-state index in [9.17, 15) is 0 Å². The number of hydrogen-bond donors (Lipinski definition) is 0. The Morgan fingerprint density at radius 3 is 1.67 bits per heavy atom. The van der Waals surface area contributed by atoms with Crippen LogP contribution in [0.25, 0.3) is 0 Å². The highest BCUT2D eigenvalue weighted by atomic mass is 127. The van der Waals surface area contributed by atoms with Crippen molar-refractivity contribution in [1.82, 2.24) is 0 Å². The third-order valence-electron chi connectivity index (χ3n) is 5.48. The van der Waals surface area contributed by atoms with Crippen LogP contribution in [-0.2, 0) is 0 Å². The molecule has 0 atom stereocenters. The van der Waals surface area contributed by atoms with E-state index in [0.29, 0.717) is 0 Å². The fourth-order valence-electron chi connectivity index (χ4n) is 3.95. The molecular weight excluding hydrogens is 473 g/mol. The van der Waals surface area contributed by atoms with Crippen molar-refractivity contribution < 1.29 is 21.5 Å². The van der Waals surface area contributed by atoms with Gasteiger partial charge in [0.15, 0.2) is 0 Å². The van der Waals surface area contributed by atoms with Crippen molar-refractivity contribution in [3.63, 3.8) is 0 Å². The minimum absolute atomic E-state index is 0. The van der Waals surface area contributed by atoms with Crippen LogP contribution in [0, 0.1) is 9.85 Å². The van der Waals surface area contributed by atoms with Gasteiger partial charge in [0, 0.05) is 35.4 Å². The smallest absolute Gasteiger partial charge is 0.141 e. The summed E-state index contributed by atoms with van der Waals surface area (Å²) in [5.41, 5.74) is 0. The number of likely N-dealkylation sites (tertiary alicyclic amines) is 1. The number of unbranched alkanes of at least 4 members (excludes halogenated alkanes) is 11. The fraction of sp³-hybridized carbons (Fsp3) is 0.905. The van der Waals surface area contributed by atoms with Crippen LogP contribution in [-0.4, -0.2) is 30.7 Å². The normalized spacial score (nSPS) is 15.6. The molecule has 0 saturated carbocycles. The molecule has 0 radical (unpaired) electrons. The van der Waals surface area contributed by atoms with Crippen molar-refractivity contribution in [3.05, 3.63) is 0 Å². The highest BCUT2D eigenvalue weighted by Gasteiger charge is 2.30. The maximum absolute atomic E-state index is 3.33. The van der Waals surface area contributed by atoms with E-state index >= 15 is 0 Å². The van der Waals surface area contributed by atoms with Crippen LogP contribution in [0.4, 0.5) is 0 Å². The lowest BCUT2D eigenvalue weighted by atomic mass is 10.1. The molecular formula is C21H39BrIN. The lowest BCUT2D eigenvalue weighted by Gasteiger charge is -2.32. The predicted octanol–water partition coefficient (Wildman–Crippen LogP) is 3.70. The molecule has 1 rings (SSSR count). The van der Waals surface area contributed by atoms with Gasteiger partial charge in [0.05, 0.1) is 19.6 Å². The Balaban J connectivity index is 0.00000529. The second-order valence-electron chi connectivity index (χ2n) is 7.54. The van der Waals surface area contributed by atoms with Crippen LogP contribution in [0.2, 0.25) is 0 Å². The standard InChI is InChI=1S/C21H39IN.BrH/c1-2-3-4-5-6-7-8-9-10-11-12-13-18-23(21-16-17-22)19-14-15-20-23;/h2-15,18-21H2,1H3;1H/q+1;/p-1. The monoisotopic (exact) mass is 511 g/mol. The Kier molecular flexibility index (Phi) is 17.7. The van der Waals surface area contributed by atoms with Crippen molar-refractivity contribution in [3.8, 4) is 9.85 Å². The van der Waals surface area contributed by atoms with Crippen molar-refractivity contribution in [2.75, 3.05) is 26.2 Å². The quantitative estimate of drug-likeness (QED) is 0.144. The molecule has 0 aromatic rings. The van der Waals surface area contributed by atoms with E-state index < -0.39 is 0 Å². The zero-order valence-electron chi connectivity index (χ0n) is 15.9. The Morgan fingerprint density at radius 1 is 0.750 bits per heavy atom. The van der Waals surface area contributed by atoms with Gasteiger partial charge in [0.2, 0.25) is 0 Å². The van der Waals surface area contributed by atoms with Crippen molar-refractivity contribution in [1.29, 1.82) is 0 Å². The van der Waals surface area contributed by atoms with Gasteiger partial charge in [-0.15, -0.1) is 0 Å². The van der Waals surface area contributed by atoms with Crippen LogP contribution in [0.3, 0.4) is 0 Å². The molecule has 1 nitrogen and oxygen atoms in total. The molecule has 142 valence electrons. The maximum atomic E-state index is 3.33. The first-order valence-electron chi connectivity index (χ1n) is 10.3. The van der Waals surface area contributed by atoms with Crippen LogP contribution in [0.5, 0.6) is 0 Å². The summed E-state index contributed by atoms with van der Waals surface area (Å²) in [7, 11) is 0. The molecule has 0 unspecified atom stereocenters. The molecule has 1 aliphatic rings. The van der Waals surface area contributed by atoms with Gasteiger partial charge in [-0.1, -0.05) is 71.1 Å². The summed E-state index contributed by atoms with van der Waals surface area (Å²) in [5.74, 6) is 3.33. The van der Waals surface area contributed by atoms with Crippen LogP contribution in [0.1, 0.15) is 96.8 Å². The number of halogens is 2. The second-order valence-corrected chi connectivity index (χ2v) is 8.08. The van der Waals surface area contributed by atoms with E-state index in [-0.39, 0.29) is 17.0 Å². The fourth-order valence-corrected chi connectivity index (χ4v) is 4.12. The molecule has 0 amide bonds. The zero-order chi connectivity index (χ0) is 16.6. The SMILES string of the molecule is CCCCCCCCCCCCCC[N+]1(CC#CI)CCCC1.[Br-]. The molecule has 0 spiro atoms. The summed E-state index contributed by atoms with van der Waals surface area (Å²) in [5, 5.41) is 0. The molecule has 24 heavy (non-hydrogen) atoms. The van der Waals surface area contributed by atoms with Gasteiger partial charge in [-0.3, -0.25) is 0 Å². The van der Waals surface area contributed by atoms with Crippen LogP contribution < -0.4 is 17.0 Å². The summed E-state index contributed by atoms with van der Waals surface area (Å²) in [4.78, 5) is 0. The van der Waals surface area contributed by atoms with Crippen molar-refractivity contribution >= 4 is 22.6 Å². The number of quaternary nitrogens is 1. The highest BCUT2D eigenvalue weighted by molar-refractivity contribution is 14.1. The highest BCUT2D eigenvalue weighted by Crippen LogP contribution is 2.21. The van der Waals surface area contributed by atoms with E-state index in [1.165, 1.54) is 114 Å². The van der Waals surface area contributed by atoms with Crippen LogP contribution >= 0.6 is 22.6 Å². The average molecular weight is 512 g/mol. The molecule has 3 heteroatoms. The van der Waals surface area contributed by atoms with Gasteiger partial charge >= 0.3 is 0 Å². The van der Waals surface area contributed by atoms with E-state index in [0.717, 1.165) is 6.54 Å². The zero-order valence-corrected chi connectivity index (χ0v) is 19.7.